The van der Waals surface area contributed by atoms with Crippen LogP contribution in [-0.4, -0.2) is 9.79 Å². The standard InChI is InChI=1S/2C8H17.C6H5.H3O2PS2.Zn/c2*1-3-5-7-8-6-4-2;1-2-4-6-5-3-1;1-3(2,4)5;/h2*1,3-8H2,2H3;1-5H;(H3,1,2,4,5);. The molecule has 161 valence electrons. The van der Waals surface area contributed by atoms with Crippen LogP contribution in [0, 0.1) is 0 Å². The number of hydrogen-bond acceptors (Lipinski definition) is 1. The Morgan fingerprint density at radius 2 is 1.11 bits per heavy atom. The molecule has 0 saturated carbocycles. The molecule has 0 aliphatic rings. The Morgan fingerprint density at radius 1 is 0.750 bits per heavy atom. The molecule has 6 heteroatoms. The minimum Gasteiger partial charge on any atom is -0.338 e. The van der Waals surface area contributed by atoms with Crippen molar-refractivity contribution >= 4 is 33.9 Å². The molecule has 28 heavy (non-hydrogen) atoms. The van der Waals surface area contributed by atoms with Gasteiger partial charge >= 0.3 is 151 Å². The minimum absolute atomic E-state index is 1.36. The predicted octanol–water partition coefficient (Wildman–Crippen LogP) is 7.61. The third-order valence-corrected chi connectivity index (χ3v) is 14.6. The molecule has 0 amide bonds. The normalized spacial score (nSPS) is 11.0. The van der Waals surface area contributed by atoms with E-state index in [9.17, 15) is 0 Å². The summed E-state index contributed by atoms with van der Waals surface area (Å²) < 4.78 is 1.79. The molecule has 0 saturated heterocycles. The fraction of sp³-hybridized carbons (Fsp3) is 0.727. The molecule has 0 aromatic heterocycles. The molecule has 0 fully saturated rings. The fourth-order valence-corrected chi connectivity index (χ4v) is 12.4. The van der Waals surface area contributed by atoms with Crippen molar-refractivity contribution in [3.8, 4) is 0 Å². The van der Waals surface area contributed by atoms with Crippen LogP contribution in [-0.2, 0) is 27.8 Å². The number of thiol groups is 1. The first-order valence-electron chi connectivity index (χ1n) is 11.5. The second-order valence-electron chi connectivity index (χ2n) is 8.10. The Bertz CT molecular complexity index is 472. The molecule has 2 N–H and O–H groups in total. The Kier molecular flexibility index (Phi) is 20.2. The van der Waals surface area contributed by atoms with Crippen LogP contribution in [0.4, 0.5) is 0 Å². The summed E-state index contributed by atoms with van der Waals surface area (Å²) in [6.45, 7) is 4.62. The maximum absolute atomic E-state index is 7.87. The summed E-state index contributed by atoms with van der Waals surface area (Å²) in [5.41, 5.74) is -3.11. The van der Waals surface area contributed by atoms with E-state index < -0.39 is 21.6 Å². The van der Waals surface area contributed by atoms with Crippen molar-refractivity contribution in [3.05, 3.63) is 30.3 Å². The van der Waals surface area contributed by atoms with E-state index in [0.29, 0.717) is 0 Å². The smallest absolute Gasteiger partial charge is 0.239 e. The summed E-state index contributed by atoms with van der Waals surface area (Å²) in [7, 11) is 0. The molecule has 0 heterocycles. The van der Waals surface area contributed by atoms with Gasteiger partial charge < -0.3 is 9.79 Å². The molecule has 1 rings (SSSR count). The first kappa shape index (κ1) is 28.8. The van der Waals surface area contributed by atoms with E-state index >= 15 is 0 Å². The van der Waals surface area contributed by atoms with Crippen LogP contribution in [0.25, 0.3) is 0 Å². The minimum atomic E-state index is -3.11. The SMILES string of the molecule is CCCCCCC[CH2][Zn]([CH2]CCCCCCC)[c]1ccccc1.OP(O)(=S)S. The monoisotopic (exact) mass is 497 g/mol. The van der Waals surface area contributed by atoms with E-state index in [0.717, 1.165) is 0 Å². The van der Waals surface area contributed by atoms with Crippen LogP contribution in [0.5, 0.6) is 0 Å². The maximum atomic E-state index is 7.87. The van der Waals surface area contributed by atoms with Crippen molar-refractivity contribution < 1.29 is 25.7 Å². The van der Waals surface area contributed by atoms with Gasteiger partial charge in [0.25, 0.3) is 0 Å². The van der Waals surface area contributed by atoms with E-state index in [4.69, 9.17) is 9.79 Å². The molecule has 0 bridgehead atoms. The topological polar surface area (TPSA) is 40.5 Å². The van der Waals surface area contributed by atoms with Gasteiger partial charge in [-0.15, -0.1) is 0 Å². The molecular formula is C22H42O2PS2Zn. The van der Waals surface area contributed by atoms with Gasteiger partial charge in [0.1, 0.15) is 0 Å². The van der Waals surface area contributed by atoms with E-state index in [1.807, 2.05) is 0 Å². The zero-order valence-corrected chi connectivity index (χ0v) is 23.8. The molecule has 2 nitrogen and oxygen atoms in total. The van der Waals surface area contributed by atoms with Crippen molar-refractivity contribution in [1.82, 2.24) is 0 Å². The van der Waals surface area contributed by atoms with E-state index in [1.54, 1.807) is 14.2 Å². The number of unbranched alkanes of at least 4 members (excludes halogenated alkanes) is 10. The van der Waals surface area contributed by atoms with Gasteiger partial charge in [-0.25, -0.2) is 0 Å². The predicted molar refractivity (Wildman–Crippen MR) is 130 cm³/mol. The summed E-state index contributed by atoms with van der Waals surface area (Å²) in [5.74, 6) is 0. The molecule has 0 atom stereocenters. The number of hydrogen-bond donors (Lipinski definition) is 3. The van der Waals surface area contributed by atoms with Gasteiger partial charge in [0, 0.05) is 0 Å². The van der Waals surface area contributed by atoms with E-state index in [-0.39, 0.29) is 0 Å². The molecule has 0 spiro atoms. The van der Waals surface area contributed by atoms with Crippen LogP contribution in [0.2, 0.25) is 10.0 Å². The Labute approximate surface area is 190 Å². The molecule has 0 aliphatic carbocycles. The maximum Gasteiger partial charge on any atom is 0.239 e. The number of benzene rings is 1. The molecule has 0 unspecified atom stereocenters. The molecular weight excluding hydrogens is 457 g/mol. The van der Waals surface area contributed by atoms with Gasteiger partial charge in [0.15, 0.2) is 0 Å². The summed E-state index contributed by atoms with van der Waals surface area (Å²) in [5, 5.41) is 3.20. The Morgan fingerprint density at radius 3 is 1.50 bits per heavy atom. The van der Waals surface area contributed by atoms with Crippen LogP contribution in [0.3, 0.4) is 0 Å². The summed E-state index contributed by atoms with van der Waals surface area (Å²) in [6.07, 6.45) is 17.4. The average Bonchev–Trinajstić information content (AvgIpc) is 2.65. The largest absolute Gasteiger partial charge is 0.338 e. The molecule has 0 radical (unpaired) electrons. The van der Waals surface area contributed by atoms with Gasteiger partial charge in [-0.05, 0) is 11.8 Å². The van der Waals surface area contributed by atoms with Crippen molar-refractivity contribution in [2.45, 2.75) is 101 Å². The number of rotatable bonds is 15. The van der Waals surface area contributed by atoms with Gasteiger partial charge in [-0.3, -0.25) is 0 Å². The third-order valence-electron chi connectivity index (χ3n) is 5.48. The fourth-order valence-electron chi connectivity index (χ4n) is 3.91. The van der Waals surface area contributed by atoms with E-state index in [1.165, 1.54) is 77.0 Å². The third kappa shape index (κ3) is 21.5. The van der Waals surface area contributed by atoms with E-state index in [2.05, 4.69) is 68.2 Å². The van der Waals surface area contributed by atoms with Gasteiger partial charge in [0.05, 0.1) is 0 Å². The van der Waals surface area contributed by atoms with Crippen molar-refractivity contribution in [3.63, 3.8) is 0 Å². The second-order valence-corrected chi connectivity index (χ2v) is 21.4. The summed E-state index contributed by atoms with van der Waals surface area (Å²) in [4.78, 5) is 15.7. The average molecular weight is 499 g/mol. The van der Waals surface area contributed by atoms with Crippen LogP contribution in [0.1, 0.15) is 90.9 Å². The quantitative estimate of drug-likeness (QED) is 0.101. The van der Waals surface area contributed by atoms with Gasteiger partial charge in [0.2, 0.25) is 5.69 Å². The van der Waals surface area contributed by atoms with Crippen LogP contribution in [0.15, 0.2) is 30.3 Å². The van der Waals surface area contributed by atoms with Crippen LogP contribution < -0.4 is 4.16 Å². The summed E-state index contributed by atoms with van der Waals surface area (Å²) in [6, 6.07) is 11.6. The Balaban J connectivity index is 0.00000129. The summed E-state index contributed by atoms with van der Waals surface area (Å²) >= 11 is 5.61. The van der Waals surface area contributed by atoms with Crippen molar-refractivity contribution in [1.29, 1.82) is 0 Å². The van der Waals surface area contributed by atoms with Gasteiger partial charge in [-0.1, -0.05) is 12.2 Å². The van der Waals surface area contributed by atoms with Crippen LogP contribution >= 0.6 is 17.9 Å². The molecule has 0 aliphatic heterocycles. The first-order valence-corrected chi connectivity index (χ1v) is 21.0. The Hall–Kier alpha value is 0.763. The second kappa shape index (κ2) is 19.7. The zero-order chi connectivity index (χ0) is 21.1. The molecule has 1 aromatic rings. The first-order chi connectivity index (χ1) is 13.4. The molecule has 1 aromatic carbocycles. The van der Waals surface area contributed by atoms with Gasteiger partial charge in [-0.2, -0.15) is 0 Å². The van der Waals surface area contributed by atoms with Crippen molar-refractivity contribution in [2.75, 3.05) is 0 Å². The van der Waals surface area contributed by atoms with Crippen molar-refractivity contribution in [2.24, 2.45) is 0 Å². The zero-order valence-electron chi connectivity index (χ0n) is 18.2.